The van der Waals surface area contributed by atoms with Crippen LogP contribution >= 0.6 is 15.9 Å². The van der Waals surface area contributed by atoms with Gasteiger partial charge in [-0.1, -0.05) is 30.3 Å². The molecule has 0 spiro atoms. The minimum absolute atomic E-state index is 0.202. The first-order chi connectivity index (χ1) is 13.5. The quantitative estimate of drug-likeness (QED) is 0.653. The first-order valence-electron chi connectivity index (χ1n) is 9.01. The smallest absolute Gasteiger partial charge is 0.259 e. The molecule has 0 saturated carbocycles. The summed E-state index contributed by atoms with van der Waals surface area (Å²) in [5, 5.41) is 7.52. The van der Waals surface area contributed by atoms with Crippen molar-refractivity contribution in [3.05, 3.63) is 69.5 Å². The molecule has 2 heterocycles. The third kappa shape index (κ3) is 3.62. The summed E-state index contributed by atoms with van der Waals surface area (Å²) < 4.78 is 13.8. The number of aryl methyl sites for hydroxylation is 1. The molecule has 1 aromatic heterocycles. The standard InChI is InChI=1S/C21H20BrN3O3/c1-13-20(14(2)25(24-13)12-15-6-4-3-5-7-15)21(26)23-17-11-19-18(10-16(17)22)27-8-9-28-19/h3-7,10-11H,8-9,12H2,1-2H3,(H,23,26). The van der Waals surface area contributed by atoms with Crippen molar-refractivity contribution in [3.63, 3.8) is 0 Å². The van der Waals surface area contributed by atoms with Gasteiger partial charge >= 0.3 is 0 Å². The molecule has 2 aromatic carbocycles. The second-order valence-electron chi connectivity index (χ2n) is 6.62. The van der Waals surface area contributed by atoms with E-state index in [4.69, 9.17) is 9.47 Å². The number of rotatable bonds is 4. The Balaban J connectivity index is 1.59. The minimum Gasteiger partial charge on any atom is -0.486 e. The Morgan fingerprint density at radius 2 is 1.82 bits per heavy atom. The first-order valence-corrected chi connectivity index (χ1v) is 9.80. The molecule has 0 fully saturated rings. The van der Waals surface area contributed by atoms with Crippen LogP contribution in [0.15, 0.2) is 46.9 Å². The average Bonchev–Trinajstić information content (AvgIpc) is 2.96. The van der Waals surface area contributed by atoms with Crippen molar-refractivity contribution in [3.8, 4) is 11.5 Å². The van der Waals surface area contributed by atoms with Crippen molar-refractivity contribution in [2.24, 2.45) is 0 Å². The number of halogens is 1. The van der Waals surface area contributed by atoms with Crippen molar-refractivity contribution in [1.82, 2.24) is 9.78 Å². The van der Waals surface area contributed by atoms with Gasteiger partial charge in [0.15, 0.2) is 11.5 Å². The van der Waals surface area contributed by atoms with Gasteiger partial charge in [-0.3, -0.25) is 9.48 Å². The van der Waals surface area contributed by atoms with Crippen LogP contribution in [0.1, 0.15) is 27.3 Å². The Kier molecular flexibility index (Phi) is 5.09. The number of amides is 1. The Bertz CT molecular complexity index is 1030. The number of aromatic nitrogens is 2. The van der Waals surface area contributed by atoms with E-state index in [1.165, 1.54) is 0 Å². The maximum Gasteiger partial charge on any atom is 0.259 e. The van der Waals surface area contributed by atoms with E-state index in [-0.39, 0.29) is 5.91 Å². The van der Waals surface area contributed by atoms with Crippen LogP contribution in [0.5, 0.6) is 11.5 Å². The van der Waals surface area contributed by atoms with Gasteiger partial charge in [0.2, 0.25) is 0 Å². The van der Waals surface area contributed by atoms with Crippen LogP contribution < -0.4 is 14.8 Å². The lowest BCUT2D eigenvalue weighted by molar-refractivity contribution is 0.102. The molecule has 7 heteroatoms. The van der Waals surface area contributed by atoms with E-state index < -0.39 is 0 Å². The van der Waals surface area contributed by atoms with Crippen LogP contribution in [0.4, 0.5) is 5.69 Å². The van der Waals surface area contributed by atoms with E-state index in [1.54, 1.807) is 6.07 Å². The molecule has 4 rings (SSSR count). The molecule has 0 unspecified atom stereocenters. The summed E-state index contributed by atoms with van der Waals surface area (Å²) in [5.74, 6) is 1.09. The summed E-state index contributed by atoms with van der Waals surface area (Å²) in [7, 11) is 0. The number of hydrogen-bond donors (Lipinski definition) is 1. The molecular formula is C21H20BrN3O3. The van der Waals surface area contributed by atoms with E-state index in [1.807, 2.05) is 54.9 Å². The van der Waals surface area contributed by atoms with Gasteiger partial charge < -0.3 is 14.8 Å². The normalized spacial score (nSPS) is 12.7. The van der Waals surface area contributed by atoms with Gasteiger partial charge in [0.05, 0.1) is 23.5 Å². The van der Waals surface area contributed by atoms with Crippen LogP contribution in [0.2, 0.25) is 0 Å². The topological polar surface area (TPSA) is 65.4 Å². The number of benzene rings is 2. The van der Waals surface area contributed by atoms with Crippen LogP contribution in [-0.2, 0) is 6.54 Å². The maximum absolute atomic E-state index is 13.0. The molecule has 0 atom stereocenters. The zero-order valence-electron chi connectivity index (χ0n) is 15.7. The lowest BCUT2D eigenvalue weighted by atomic mass is 10.1. The molecule has 0 saturated heterocycles. The molecule has 1 aliphatic rings. The van der Waals surface area contributed by atoms with Crippen LogP contribution in [0, 0.1) is 13.8 Å². The fourth-order valence-corrected chi connectivity index (χ4v) is 3.70. The molecule has 3 aromatic rings. The summed E-state index contributed by atoms with van der Waals surface area (Å²) in [6, 6.07) is 13.6. The Morgan fingerprint density at radius 1 is 1.14 bits per heavy atom. The SMILES string of the molecule is Cc1nn(Cc2ccccc2)c(C)c1C(=O)Nc1cc2c(cc1Br)OCCO2. The zero-order valence-corrected chi connectivity index (χ0v) is 17.2. The fraction of sp³-hybridized carbons (Fsp3) is 0.238. The Hall–Kier alpha value is -2.80. The van der Waals surface area contributed by atoms with E-state index in [0.717, 1.165) is 15.7 Å². The molecule has 0 bridgehead atoms. The Morgan fingerprint density at radius 3 is 2.54 bits per heavy atom. The van der Waals surface area contributed by atoms with E-state index >= 15 is 0 Å². The van der Waals surface area contributed by atoms with Crippen molar-refractivity contribution in [1.29, 1.82) is 0 Å². The van der Waals surface area contributed by atoms with Crippen molar-refractivity contribution in [2.75, 3.05) is 18.5 Å². The first kappa shape index (κ1) is 18.6. The highest BCUT2D eigenvalue weighted by Gasteiger charge is 2.21. The number of carbonyl (C=O) groups excluding carboxylic acids is 1. The van der Waals surface area contributed by atoms with E-state index in [2.05, 4.69) is 26.3 Å². The van der Waals surface area contributed by atoms with Crippen LogP contribution in [0.25, 0.3) is 0 Å². The highest BCUT2D eigenvalue weighted by Crippen LogP contribution is 2.38. The number of hydrogen-bond acceptors (Lipinski definition) is 4. The monoisotopic (exact) mass is 441 g/mol. The maximum atomic E-state index is 13.0. The van der Waals surface area contributed by atoms with Gasteiger partial charge in [-0.2, -0.15) is 5.10 Å². The summed E-state index contributed by atoms with van der Waals surface area (Å²) in [4.78, 5) is 13.0. The number of nitrogens with one attached hydrogen (secondary N) is 1. The third-order valence-electron chi connectivity index (χ3n) is 4.66. The van der Waals surface area contributed by atoms with Gasteiger partial charge in [0.1, 0.15) is 13.2 Å². The number of ether oxygens (including phenoxy) is 2. The number of carbonyl (C=O) groups is 1. The number of fused-ring (bicyclic) bond motifs is 1. The van der Waals surface area contributed by atoms with Gasteiger partial charge in [-0.25, -0.2) is 0 Å². The summed E-state index contributed by atoms with van der Waals surface area (Å²) in [6.45, 7) is 5.39. The minimum atomic E-state index is -0.202. The number of nitrogens with zero attached hydrogens (tertiary/aromatic N) is 2. The molecule has 0 aliphatic carbocycles. The number of anilines is 1. The second kappa shape index (κ2) is 7.67. The lowest BCUT2D eigenvalue weighted by Crippen LogP contribution is -2.17. The molecular weight excluding hydrogens is 422 g/mol. The van der Waals surface area contributed by atoms with Crippen LogP contribution in [0.3, 0.4) is 0 Å². The Labute approximate surface area is 171 Å². The fourth-order valence-electron chi connectivity index (χ4n) is 3.28. The molecule has 6 nitrogen and oxygen atoms in total. The predicted molar refractivity (Wildman–Crippen MR) is 110 cm³/mol. The average molecular weight is 442 g/mol. The van der Waals surface area contributed by atoms with Crippen molar-refractivity contribution < 1.29 is 14.3 Å². The summed E-state index contributed by atoms with van der Waals surface area (Å²) in [5.41, 5.74) is 3.86. The molecule has 1 aliphatic heterocycles. The molecule has 1 N–H and O–H groups in total. The van der Waals surface area contributed by atoms with Crippen molar-refractivity contribution in [2.45, 2.75) is 20.4 Å². The summed E-state index contributed by atoms with van der Waals surface area (Å²) in [6.07, 6.45) is 0. The molecule has 144 valence electrons. The van der Waals surface area contributed by atoms with Gasteiger partial charge in [0.25, 0.3) is 5.91 Å². The molecule has 28 heavy (non-hydrogen) atoms. The van der Waals surface area contributed by atoms with Gasteiger partial charge in [0, 0.05) is 22.3 Å². The highest BCUT2D eigenvalue weighted by molar-refractivity contribution is 9.10. The second-order valence-corrected chi connectivity index (χ2v) is 7.47. The van der Waals surface area contributed by atoms with E-state index in [9.17, 15) is 4.79 Å². The lowest BCUT2D eigenvalue weighted by Gasteiger charge is -2.20. The molecule has 0 radical (unpaired) electrons. The third-order valence-corrected chi connectivity index (χ3v) is 5.32. The largest absolute Gasteiger partial charge is 0.486 e. The molecule has 1 amide bonds. The zero-order chi connectivity index (χ0) is 19.7. The van der Waals surface area contributed by atoms with Gasteiger partial charge in [-0.15, -0.1) is 0 Å². The summed E-state index contributed by atoms with van der Waals surface area (Å²) >= 11 is 3.49. The van der Waals surface area contributed by atoms with Crippen molar-refractivity contribution >= 4 is 27.5 Å². The van der Waals surface area contributed by atoms with Crippen LogP contribution in [-0.4, -0.2) is 28.9 Å². The van der Waals surface area contributed by atoms with E-state index in [0.29, 0.717) is 48.2 Å². The van der Waals surface area contributed by atoms with Gasteiger partial charge in [-0.05, 0) is 35.3 Å². The predicted octanol–water partition coefficient (Wildman–Crippen LogP) is 4.33. The highest BCUT2D eigenvalue weighted by atomic mass is 79.9.